The Morgan fingerprint density at radius 2 is 1.06 bits per heavy atom. The molecule has 0 amide bonds. The maximum Gasteiger partial charge on any atom is 0.229 e. The van der Waals surface area contributed by atoms with Gasteiger partial charge in [0.15, 0.2) is 0 Å². The van der Waals surface area contributed by atoms with Crippen molar-refractivity contribution in [1.29, 1.82) is 0 Å². The molecule has 2 heterocycles. The largest absolute Gasteiger partial charge is 0.296 e. The fourth-order valence-corrected chi connectivity index (χ4v) is 8.17. The van der Waals surface area contributed by atoms with Crippen molar-refractivity contribution >= 4 is 17.1 Å². The zero-order valence-electron chi connectivity index (χ0n) is 24.4. The molecule has 4 rings (SSSR count). The number of piperidine rings is 2. The van der Waals surface area contributed by atoms with Crippen LogP contribution in [0.3, 0.4) is 0 Å². The molecule has 2 saturated heterocycles. The molecule has 0 saturated carbocycles. The van der Waals surface area contributed by atoms with Crippen molar-refractivity contribution in [2.24, 2.45) is 17.3 Å². The predicted molar refractivity (Wildman–Crippen MR) is 149 cm³/mol. The summed E-state index contributed by atoms with van der Waals surface area (Å²) < 4.78 is 0. The fourth-order valence-electron chi connectivity index (χ4n) is 8.17. The standard InChI is InChI=1S/C32H48N2O2/c1-28(2)18-23(19-29(3,4)33(28)9)32(24-20-30(5,6)34(10)31(7,8)21-24)17-16-25(26(35)27(32)36)22-14-12-11-13-15-22/h11-16,23-24H,17-21H2,1-10H3. The van der Waals surface area contributed by atoms with E-state index < -0.39 is 5.41 Å². The zero-order chi connectivity index (χ0) is 26.9. The highest BCUT2D eigenvalue weighted by atomic mass is 16.2. The third-order valence-corrected chi connectivity index (χ3v) is 10.7. The molecule has 0 bridgehead atoms. The first-order chi connectivity index (χ1) is 16.5. The number of carbonyl (C=O) groups is 2. The first-order valence-electron chi connectivity index (χ1n) is 13.8. The minimum absolute atomic E-state index is 0.0529. The van der Waals surface area contributed by atoms with Gasteiger partial charge in [0, 0.05) is 33.1 Å². The lowest BCUT2D eigenvalue weighted by Gasteiger charge is -2.62. The van der Waals surface area contributed by atoms with Crippen LogP contribution in [0, 0.1) is 17.3 Å². The van der Waals surface area contributed by atoms with Crippen LogP contribution in [-0.4, -0.2) is 57.6 Å². The van der Waals surface area contributed by atoms with Crippen molar-refractivity contribution in [3.63, 3.8) is 0 Å². The van der Waals surface area contributed by atoms with Crippen molar-refractivity contribution in [3.05, 3.63) is 42.0 Å². The summed E-state index contributed by atoms with van der Waals surface area (Å²) in [7, 11) is 4.43. The lowest BCUT2D eigenvalue weighted by molar-refractivity contribution is -0.160. The lowest BCUT2D eigenvalue weighted by Crippen LogP contribution is -2.66. The molecule has 1 aliphatic carbocycles. The summed E-state index contributed by atoms with van der Waals surface area (Å²) >= 11 is 0. The lowest BCUT2D eigenvalue weighted by atomic mass is 9.49. The molecular weight excluding hydrogens is 444 g/mol. The van der Waals surface area contributed by atoms with Gasteiger partial charge in [0.2, 0.25) is 11.6 Å². The number of nitrogens with zero attached hydrogens (tertiary/aromatic N) is 2. The molecule has 198 valence electrons. The maximum atomic E-state index is 14.6. The third kappa shape index (κ3) is 4.22. The molecule has 0 atom stereocenters. The van der Waals surface area contributed by atoms with Gasteiger partial charge in [-0.25, -0.2) is 0 Å². The number of benzene rings is 1. The van der Waals surface area contributed by atoms with Gasteiger partial charge in [-0.1, -0.05) is 36.4 Å². The van der Waals surface area contributed by atoms with Crippen LogP contribution in [0.4, 0.5) is 0 Å². The highest BCUT2D eigenvalue weighted by Crippen LogP contribution is 2.59. The van der Waals surface area contributed by atoms with Gasteiger partial charge in [0.1, 0.15) is 0 Å². The number of carbonyl (C=O) groups excluding carboxylic acids is 2. The van der Waals surface area contributed by atoms with E-state index in [1.54, 1.807) is 0 Å². The highest BCUT2D eigenvalue weighted by Gasteiger charge is 2.61. The van der Waals surface area contributed by atoms with Crippen molar-refractivity contribution in [3.8, 4) is 0 Å². The molecule has 3 aliphatic rings. The van der Waals surface area contributed by atoms with Crippen LogP contribution in [0.2, 0.25) is 0 Å². The predicted octanol–water partition coefficient (Wildman–Crippen LogP) is 6.40. The Morgan fingerprint density at radius 3 is 1.44 bits per heavy atom. The molecule has 4 heteroatoms. The summed E-state index contributed by atoms with van der Waals surface area (Å²) in [5.41, 5.74) is 0.573. The van der Waals surface area contributed by atoms with Gasteiger partial charge in [-0.15, -0.1) is 0 Å². The van der Waals surface area contributed by atoms with Gasteiger partial charge in [0.25, 0.3) is 0 Å². The summed E-state index contributed by atoms with van der Waals surface area (Å²) in [4.78, 5) is 33.5. The maximum absolute atomic E-state index is 14.6. The number of allylic oxidation sites excluding steroid dienone is 2. The molecule has 2 aliphatic heterocycles. The molecule has 2 fully saturated rings. The molecule has 4 nitrogen and oxygen atoms in total. The Morgan fingerprint density at radius 1 is 0.667 bits per heavy atom. The normalized spacial score (nSPS) is 28.7. The Kier molecular flexibility index (Phi) is 6.53. The second kappa shape index (κ2) is 8.63. The molecule has 0 N–H and O–H groups in total. The molecule has 1 aromatic rings. The van der Waals surface area contributed by atoms with Crippen LogP contribution in [0.15, 0.2) is 36.4 Å². The molecule has 0 aromatic heterocycles. The summed E-state index contributed by atoms with van der Waals surface area (Å²) in [6, 6.07) is 9.75. The minimum Gasteiger partial charge on any atom is -0.296 e. The van der Waals surface area contributed by atoms with Gasteiger partial charge < -0.3 is 0 Å². The number of ketones is 2. The second-order valence-corrected chi connectivity index (χ2v) is 14.5. The van der Waals surface area contributed by atoms with Gasteiger partial charge in [-0.3, -0.25) is 19.4 Å². The van der Waals surface area contributed by atoms with Gasteiger partial charge in [-0.05, 0) is 119 Å². The summed E-state index contributed by atoms with van der Waals surface area (Å²) in [5, 5.41) is 0. The van der Waals surface area contributed by atoms with E-state index in [0.29, 0.717) is 12.0 Å². The van der Waals surface area contributed by atoms with Crippen LogP contribution >= 0.6 is 0 Å². The second-order valence-electron chi connectivity index (χ2n) is 14.5. The summed E-state index contributed by atoms with van der Waals surface area (Å²) in [5.74, 6) is -0.102. The Labute approximate surface area is 219 Å². The fraction of sp³-hybridized carbons (Fsp3) is 0.688. The Bertz CT molecular complexity index is 985. The first-order valence-corrected chi connectivity index (χ1v) is 13.8. The monoisotopic (exact) mass is 492 g/mol. The quantitative estimate of drug-likeness (QED) is 0.458. The smallest absolute Gasteiger partial charge is 0.229 e. The minimum atomic E-state index is -0.666. The number of Topliss-reactive ketones (excluding diaryl/α,β-unsaturated/α-hetero) is 2. The van der Waals surface area contributed by atoms with Crippen molar-refractivity contribution in [1.82, 2.24) is 9.80 Å². The van der Waals surface area contributed by atoms with E-state index in [1.165, 1.54) is 0 Å². The molecular formula is C32H48N2O2. The number of rotatable bonds is 3. The van der Waals surface area contributed by atoms with Crippen molar-refractivity contribution in [2.75, 3.05) is 14.1 Å². The van der Waals surface area contributed by atoms with Crippen molar-refractivity contribution < 1.29 is 9.59 Å². The van der Waals surface area contributed by atoms with Gasteiger partial charge >= 0.3 is 0 Å². The zero-order valence-corrected chi connectivity index (χ0v) is 24.4. The number of likely N-dealkylation sites (tertiary alicyclic amines) is 2. The van der Waals surface area contributed by atoms with E-state index in [1.807, 2.05) is 30.3 Å². The van der Waals surface area contributed by atoms with Crippen LogP contribution in [-0.2, 0) is 9.59 Å². The third-order valence-electron chi connectivity index (χ3n) is 10.7. The Balaban J connectivity index is 1.88. The van der Waals surface area contributed by atoms with Crippen LogP contribution in [0.25, 0.3) is 5.57 Å². The molecule has 0 spiro atoms. The topological polar surface area (TPSA) is 40.6 Å². The molecule has 1 aromatic carbocycles. The van der Waals surface area contributed by atoms with E-state index in [-0.39, 0.29) is 45.6 Å². The number of hydrogen-bond acceptors (Lipinski definition) is 4. The van der Waals surface area contributed by atoms with Crippen LogP contribution in [0.1, 0.15) is 93.1 Å². The van der Waals surface area contributed by atoms with E-state index in [4.69, 9.17) is 0 Å². The van der Waals surface area contributed by atoms with Gasteiger partial charge in [0.05, 0.1) is 0 Å². The van der Waals surface area contributed by atoms with Crippen molar-refractivity contribution in [2.45, 2.75) is 110 Å². The molecule has 36 heavy (non-hydrogen) atoms. The highest BCUT2D eigenvalue weighted by molar-refractivity contribution is 6.56. The first kappa shape index (κ1) is 27.3. The number of hydrogen-bond donors (Lipinski definition) is 0. The van der Waals surface area contributed by atoms with E-state index in [9.17, 15) is 9.59 Å². The van der Waals surface area contributed by atoms with Crippen LogP contribution < -0.4 is 0 Å². The molecule has 0 radical (unpaired) electrons. The van der Waals surface area contributed by atoms with Crippen LogP contribution in [0.5, 0.6) is 0 Å². The Hall–Kier alpha value is -1.78. The van der Waals surface area contributed by atoms with E-state index >= 15 is 0 Å². The average Bonchev–Trinajstić information content (AvgIpc) is 2.77. The summed E-state index contributed by atoms with van der Waals surface area (Å²) in [6.07, 6.45) is 6.47. The van der Waals surface area contributed by atoms with E-state index in [0.717, 1.165) is 31.2 Å². The average molecular weight is 493 g/mol. The van der Waals surface area contributed by atoms with Gasteiger partial charge in [-0.2, -0.15) is 0 Å². The van der Waals surface area contributed by atoms with E-state index in [2.05, 4.69) is 85.4 Å². The summed E-state index contributed by atoms with van der Waals surface area (Å²) in [6.45, 7) is 18.4. The molecule has 0 unspecified atom stereocenters. The SMILES string of the molecule is CN1C(C)(C)CC(C2(C3CC(C)(C)N(C)C(C)(C)C3)CC=C(c3ccccc3)C(=O)C2=O)CC1(C)C.